The molecule has 0 aliphatic rings. The summed E-state index contributed by atoms with van der Waals surface area (Å²) in [5.41, 5.74) is 8.78. The van der Waals surface area contributed by atoms with Gasteiger partial charge in [0.25, 0.3) is 0 Å². The third-order valence-corrected chi connectivity index (χ3v) is 7.89. The van der Waals surface area contributed by atoms with Crippen LogP contribution in [0.3, 0.4) is 0 Å². The van der Waals surface area contributed by atoms with Crippen LogP contribution in [0.25, 0.3) is 32.7 Å². The first kappa shape index (κ1) is 26.9. The van der Waals surface area contributed by atoms with E-state index in [1.165, 1.54) is 38.5 Å². The number of allylic oxidation sites excluding steroid dienone is 3. The van der Waals surface area contributed by atoms with E-state index in [4.69, 9.17) is 0 Å². The monoisotopic (exact) mass is 542 g/mol. The van der Waals surface area contributed by atoms with Crippen LogP contribution in [0.2, 0.25) is 0 Å². The topological polar surface area (TPSA) is 6.48 Å². The molecule has 2 heteroatoms. The number of anilines is 4. The van der Waals surface area contributed by atoms with Crippen molar-refractivity contribution in [1.82, 2.24) is 0 Å². The molecule has 0 radical (unpaired) electrons. The normalized spacial score (nSPS) is 11.4. The smallest absolute Gasteiger partial charge is 0.0539 e. The SMILES string of the molecule is C=CC(=C)N(c1ccc(-c2ccc(N(/C(C)=C/C)c3cccc4ccccc34)cc2)cc1)c1cccc2ccccc12. The van der Waals surface area contributed by atoms with Gasteiger partial charge in [-0.25, -0.2) is 0 Å². The molecular formula is C40H34N2. The molecule has 0 atom stereocenters. The summed E-state index contributed by atoms with van der Waals surface area (Å²) in [6, 6.07) is 47.4. The van der Waals surface area contributed by atoms with E-state index in [1.807, 2.05) is 6.08 Å². The third kappa shape index (κ3) is 5.00. The molecule has 204 valence electrons. The summed E-state index contributed by atoms with van der Waals surface area (Å²) in [6.45, 7) is 12.6. The van der Waals surface area contributed by atoms with Crippen LogP contribution in [0.4, 0.5) is 22.7 Å². The molecule has 0 aromatic heterocycles. The van der Waals surface area contributed by atoms with Crippen molar-refractivity contribution >= 4 is 44.3 Å². The Morgan fingerprint density at radius 1 is 0.548 bits per heavy atom. The Balaban J connectivity index is 1.34. The molecule has 42 heavy (non-hydrogen) atoms. The average Bonchev–Trinajstić information content (AvgIpc) is 3.05. The van der Waals surface area contributed by atoms with Crippen LogP contribution in [0, 0.1) is 0 Å². The van der Waals surface area contributed by atoms with Gasteiger partial charge in [-0.15, -0.1) is 0 Å². The zero-order valence-electron chi connectivity index (χ0n) is 24.2. The molecule has 0 N–H and O–H groups in total. The summed E-state index contributed by atoms with van der Waals surface area (Å²) >= 11 is 0. The fourth-order valence-electron chi connectivity index (χ4n) is 5.63. The van der Waals surface area contributed by atoms with Crippen LogP contribution in [0.5, 0.6) is 0 Å². The minimum atomic E-state index is 0.830. The molecule has 2 nitrogen and oxygen atoms in total. The summed E-state index contributed by atoms with van der Waals surface area (Å²) in [4.78, 5) is 4.50. The van der Waals surface area contributed by atoms with Crippen LogP contribution in [0.1, 0.15) is 13.8 Å². The van der Waals surface area contributed by atoms with E-state index in [-0.39, 0.29) is 0 Å². The Morgan fingerprint density at radius 3 is 1.45 bits per heavy atom. The molecule has 0 saturated carbocycles. The van der Waals surface area contributed by atoms with Gasteiger partial charge in [0.15, 0.2) is 0 Å². The second-order valence-corrected chi connectivity index (χ2v) is 10.4. The highest BCUT2D eigenvalue weighted by Crippen LogP contribution is 2.38. The molecule has 0 spiro atoms. The largest absolute Gasteiger partial charge is 0.314 e. The Morgan fingerprint density at radius 2 is 0.976 bits per heavy atom. The Kier molecular flexibility index (Phi) is 7.45. The quantitative estimate of drug-likeness (QED) is 0.176. The van der Waals surface area contributed by atoms with Gasteiger partial charge in [0.2, 0.25) is 0 Å². The van der Waals surface area contributed by atoms with E-state index in [2.05, 4.69) is 176 Å². The molecule has 0 unspecified atom stereocenters. The molecule has 0 aliphatic carbocycles. The van der Waals surface area contributed by atoms with E-state index in [9.17, 15) is 0 Å². The van der Waals surface area contributed by atoms with Crippen molar-refractivity contribution < 1.29 is 0 Å². The number of benzene rings is 6. The minimum absolute atomic E-state index is 0.830. The zero-order valence-corrected chi connectivity index (χ0v) is 24.2. The maximum Gasteiger partial charge on any atom is 0.0539 e. The summed E-state index contributed by atoms with van der Waals surface area (Å²) in [6.07, 6.45) is 3.97. The molecule has 0 amide bonds. The predicted octanol–water partition coefficient (Wildman–Crippen LogP) is 11.6. The fourth-order valence-corrected chi connectivity index (χ4v) is 5.63. The van der Waals surface area contributed by atoms with Crippen molar-refractivity contribution in [3.8, 4) is 11.1 Å². The maximum absolute atomic E-state index is 4.30. The van der Waals surface area contributed by atoms with E-state index in [1.54, 1.807) is 0 Å². The van der Waals surface area contributed by atoms with Gasteiger partial charge in [-0.2, -0.15) is 0 Å². The van der Waals surface area contributed by atoms with Crippen LogP contribution in [-0.2, 0) is 0 Å². The lowest BCUT2D eigenvalue weighted by molar-refractivity contribution is 1.15. The summed E-state index contributed by atoms with van der Waals surface area (Å²) in [5.74, 6) is 0. The van der Waals surface area contributed by atoms with Crippen molar-refractivity contribution in [3.05, 3.63) is 170 Å². The Labute approximate surface area is 248 Å². The summed E-state index contributed by atoms with van der Waals surface area (Å²) in [7, 11) is 0. The second kappa shape index (κ2) is 11.6. The zero-order chi connectivity index (χ0) is 29.1. The van der Waals surface area contributed by atoms with Gasteiger partial charge in [0.1, 0.15) is 0 Å². The first-order valence-electron chi connectivity index (χ1n) is 14.3. The van der Waals surface area contributed by atoms with Crippen LogP contribution >= 0.6 is 0 Å². The highest BCUT2D eigenvalue weighted by Gasteiger charge is 2.16. The number of rotatable bonds is 8. The molecular weight excluding hydrogens is 508 g/mol. The van der Waals surface area contributed by atoms with Gasteiger partial charge in [-0.05, 0) is 78.2 Å². The fraction of sp³-hybridized carbons (Fsp3) is 0.0500. The van der Waals surface area contributed by atoms with E-state index in [0.717, 1.165) is 28.3 Å². The van der Waals surface area contributed by atoms with E-state index < -0.39 is 0 Å². The molecule has 6 rings (SSSR count). The predicted molar refractivity (Wildman–Crippen MR) is 183 cm³/mol. The highest BCUT2D eigenvalue weighted by molar-refractivity contribution is 5.98. The van der Waals surface area contributed by atoms with Gasteiger partial charge in [-0.3, -0.25) is 0 Å². The molecule has 6 aromatic rings. The molecule has 0 fully saturated rings. The van der Waals surface area contributed by atoms with Crippen molar-refractivity contribution in [2.45, 2.75) is 13.8 Å². The molecule has 0 aliphatic heterocycles. The minimum Gasteiger partial charge on any atom is -0.314 e. The lowest BCUT2D eigenvalue weighted by Gasteiger charge is -2.28. The van der Waals surface area contributed by atoms with Gasteiger partial charge < -0.3 is 9.80 Å². The van der Waals surface area contributed by atoms with Crippen molar-refractivity contribution in [1.29, 1.82) is 0 Å². The Bertz CT molecular complexity index is 1790. The lowest BCUT2D eigenvalue weighted by atomic mass is 10.0. The summed E-state index contributed by atoms with van der Waals surface area (Å²) in [5, 5.41) is 4.84. The molecule has 6 aromatic carbocycles. The Hall–Kier alpha value is -5.34. The van der Waals surface area contributed by atoms with Gasteiger partial charge in [0.05, 0.1) is 11.4 Å². The van der Waals surface area contributed by atoms with E-state index in [0.29, 0.717) is 0 Å². The van der Waals surface area contributed by atoms with Gasteiger partial charge in [-0.1, -0.05) is 116 Å². The molecule has 0 saturated heterocycles. The maximum atomic E-state index is 4.30. The van der Waals surface area contributed by atoms with Crippen molar-refractivity contribution in [2.75, 3.05) is 9.80 Å². The standard InChI is InChI=1S/C40H34N2/c1-5-29(3)41(39-19-11-15-33-13-7-9-17-37(33)39)35-25-21-31(22-26-35)32-23-27-36(28-24-32)42(30(4)6-2)40-20-12-16-34-14-8-10-18-38(34)40/h5-28H,1,3H2,2,4H3/b30-6+. The number of hydrogen-bond donors (Lipinski definition) is 0. The molecule has 0 heterocycles. The van der Waals surface area contributed by atoms with Crippen molar-refractivity contribution in [2.24, 2.45) is 0 Å². The van der Waals surface area contributed by atoms with Crippen molar-refractivity contribution in [3.63, 3.8) is 0 Å². The summed E-state index contributed by atoms with van der Waals surface area (Å²) < 4.78 is 0. The number of nitrogens with zero attached hydrogens (tertiary/aromatic N) is 2. The molecule has 0 bridgehead atoms. The van der Waals surface area contributed by atoms with Crippen LogP contribution in [-0.4, -0.2) is 0 Å². The van der Waals surface area contributed by atoms with Crippen LogP contribution in [0.15, 0.2) is 170 Å². The first-order valence-corrected chi connectivity index (χ1v) is 14.3. The highest BCUT2D eigenvalue weighted by atomic mass is 15.2. The second-order valence-electron chi connectivity index (χ2n) is 10.4. The lowest BCUT2D eigenvalue weighted by Crippen LogP contribution is -2.14. The first-order chi connectivity index (χ1) is 20.6. The average molecular weight is 543 g/mol. The third-order valence-electron chi connectivity index (χ3n) is 7.89. The number of hydrogen-bond acceptors (Lipinski definition) is 2. The van der Waals surface area contributed by atoms with Gasteiger partial charge >= 0.3 is 0 Å². The van der Waals surface area contributed by atoms with E-state index >= 15 is 0 Å². The number of fused-ring (bicyclic) bond motifs is 2. The van der Waals surface area contributed by atoms with Gasteiger partial charge in [0, 0.05) is 33.5 Å². The van der Waals surface area contributed by atoms with Crippen LogP contribution < -0.4 is 9.80 Å².